The molecule has 0 saturated carbocycles. The monoisotopic (exact) mass is 242 g/mol. The Morgan fingerprint density at radius 2 is 1.24 bits per heavy atom. The zero-order valence-corrected chi connectivity index (χ0v) is 8.65. The summed E-state index contributed by atoms with van der Waals surface area (Å²) >= 11 is 0. The van der Waals surface area contributed by atoms with Gasteiger partial charge in [0.25, 0.3) is 11.8 Å². The average molecular weight is 242 g/mol. The van der Waals surface area contributed by atoms with Crippen LogP contribution in [0.5, 0.6) is 0 Å². The minimum Gasteiger partial charge on any atom is -0.379 e. The zero-order chi connectivity index (χ0) is 12.8. The second kappa shape index (κ2) is 3.34. The van der Waals surface area contributed by atoms with Gasteiger partial charge in [0.05, 0.1) is 12.8 Å². The summed E-state index contributed by atoms with van der Waals surface area (Å²) < 4.78 is 0. The fourth-order valence-electron chi connectivity index (χ4n) is 2.04. The first-order valence-corrected chi connectivity index (χ1v) is 4.89. The number of nitrogens with one attached hydrogen (secondary N) is 2. The molecular formula is C9H10N2O6. The van der Waals surface area contributed by atoms with Gasteiger partial charge in [0.1, 0.15) is 0 Å². The molecule has 0 bridgehead atoms. The molecule has 2 heterocycles. The van der Waals surface area contributed by atoms with Crippen molar-refractivity contribution in [3.05, 3.63) is 0 Å². The number of amides is 4. The largest absolute Gasteiger partial charge is 0.379 e. The molecule has 0 spiro atoms. The molecule has 2 fully saturated rings. The minimum absolute atomic E-state index is 0.532. The third-order valence-electron chi connectivity index (χ3n) is 2.84. The smallest absolute Gasteiger partial charge is 0.259 e. The number of carbonyl (C=O) groups excluding carboxylic acids is 4. The highest BCUT2D eigenvalue weighted by molar-refractivity contribution is 6.10. The molecule has 4 N–H and O–H groups in total. The molecule has 2 unspecified atom stereocenters. The lowest BCUT2D eigenvalue weighted by Gasteiger charge is -2.26. The van der Waals surface area contributed by atoms with Crippen molar-refractivity contribution in [2.24, 2.45) is 0 Å². The molecule has 0 aliphatic carbocycles. The Morgan fingerprint density at radius 1 is 0.882 bits per heavy atom. The molecule has 0 aromatic carbocycles. The lowest BCUT2D eigenvalue weighted by atomic mass is 9.84. The summed E-state index contributed by atoms with van der Waals surface area (Å²) in [5.74, 6) is -3.32. The van der Waals surface area contributed by atoms with Crippen molar-refractivity contribution in [1.29, 1.82) is 0 Å². The molecular weight excluding hydrogens is 232 g/mol. The maximum absolute atomic E-state index is 11.3. The number of aliphatic hydroxyl groups is 2. The van der Waals surface area contributed by atoms with Gasteiger partial charge in [-0.15, -0.1) is 0 Å². The van der Waals surface area contributed by atoms with Crippen LogP contribution in [0.2, 0.25) is 0 Å². The van der Waals surface area contributed by atoms with Crippen LogP contribution in [0.25, 0.3) is 0 Å². The first-order valence-electron chi connectivity index (χ1n) is 4.89. The molecule has 2 saturated heterocycles. The van der Waals surface area contributed by atoms with Crippen LogP contribution >= 0.6 is 0 Å². The van der Waals surface area contributed by atoms with Gasteiger partial charge in [0.15, 0.2) is 11.2 Å². The Bertz CT molecular complexity index is 407. The highest BCUT2D eigenvalue weighted by atomic mass is 16.3. The van der Waals surface area contributed by atoms with Gasteiger partial charge in [0.2, 0.25) is 11.8 Å². The predicted molar refractivity (Wildman–Crippen MR) is 50.1 cm³/mol. The van der Waals surface area contributed by atoms with Crippen LogP contribution in [0.3, 0.4) is 0 Å². The van der Waals surface area contributed by atoms with E-state index in [1.807, 2.05) is 10.6 Å². The summed E-state index contributed by atoms with van der Waals surface area (Å²) in [6.45, 7) is 0. The van der Waals surface area contributed by atoms with Crippen molar-refractivity contribution in [3.8, 4) is 0 Å². The standard InChI is InChI=1S/C9H10N2O6/c12-4-1-8(16,6(14)10-4)3-9(17)2-5(13)11-7(9)15/h16-17H,1-3H2,(H,10,12,14)(H,11,13,15). The van der Waals surface area contributed by atoms with E-state index in [-0.39, 0.29) is 0 Å². The van der Waals surface area contributed by atoms with Gasteiger partial charge in [-0.2, -0.15) is 0 Å². The summed E-state index contributed by atoms with van der Waals surface area (Å²) in [6, 6.07) is 0. The number of hydrogen-bond donors (Lipinski definition) is 4. The normalized spacial score (nSPS) is 37.3. The minimum atomic E-state index is -2.15. The Labute approximate surface area is 95.0 Å². The van der Waals surface area contributed by atoms with Crippen molar-refractivity contribution in [1.82, 2.24) is 10.6 Å². The average Bonchev–Trinajstić information content (AvgIpc) is 2.51. The topological polar surface area (TPSA) is 133 Å². The van der Waals surface area contributed by atoms with Gasteiger partial charge in [-0.25, -0.2) is 0 Å². The van der Waals surface area contributed by atoms with Gasteiger partial charge < -0.3 is 10.2 Å². The van der Waals surface area contributed by atoms with E-state index < -0.39 is 54.1 Å². The molecule has 2 atom stereocenters. The molecule has 17 heavy (non-hydrogen) atoms. The van der Waals surface area contributed by atoms with E-state index in [0.717, 1.165) is 0 Å². The van der Waals surface area contributed by atoms with Gasteiger partial charge >= 0.3 is 0 Å². The van der Waals surface area contributed by atoms with Gasteiger partial charge in [-0.1, -0.05) is 0 Å². The Hall–Kier alpha value is -1.80. The number of imide groups is 2. The Balaban J connectivity index is 2.21. The van der Waals surface area contributed by atoms with E-state index in [1.54, 1.807) is 0 Å². The highest BCUT2D eigenvalue weighted by Gasteiger charge is 2.55. The fourth-order valence-corrected chi connectivity index (χ4v) is 2.04. The van der Waals surface area contributed by atoms with Crippen molar-refractivity contribution in [2.45, 2.75) is 30.5 Å². The third-order valence-corrected chi connectivity index (χ3v) is 2.84. The van der Waals surface area contributed by atoms with Crippen molar-refractivity contribution in [3.63, 3.8) is 0 Å². The maximum Gasteiger partial charge on any atom is 0.259 e. The van der Waals surface area contributed by atoms with Crippen LogP contribution in [-0.4, -0.2) is 45.0 Å². The second-order valence-corrected chi connectivity index (χ2v) is 4.35. The molecule has 8 heteroatoms. The fraction of sp³-hybridized carbons (Fsp3) is 0.556. The second-order valence-electron chi connectivity index (χ2n) is 4.35. The number of rotatable bonds is 2. The van der Waals surface area contributed by atoms with Crippen LogP contribution in [0.15, 0.2) is 0 Å². The van der Waals surface area contributed by atoms with E-state index in [4.69, 9.17) is 0 Å². The Kier molecular flexibility index (Phi) is 2.30. The van der Waals surface area contributed by atoms with Crippen LogP contribution in [0, 0.1) is 0 Å². The number of carbonyl (C=O) groups is 4. The molecule has 92 valence electrons. The molecule has 2 aliphatic rings. The lowest BCUT2D eigenvalue weighted by molar-refractivity contribution is -0.150. The van der Waals surface area contributed by atoms with Crippen molar-refractivity contribution in [2.75, 3.05) is 0 Å². The summed E-state index contributed by atoms with van der Waals surface area (Å²) in [5, 5.41) is 23.5. The molecule has 0 aromatic heterocycles. The molecule has 0 radical (unpaired) electrons. The van der Waals surface area contributed by atoms with Gasteiger partial charge in [0, 0.05) is 6.42 Å². The molecule has 8 nitrogen and oxygen atoms in total. The zero-order valence-electron chi connectivity index (χ0n) is 8.65. The van der Waals surface area contributed by atoms with E-state index in [2.05, 4.69) is 0 Å². The predicted octanol–water partition coefficient (Wildman–Crippen LogP) is -3.07. The van der Waals surface area contributed by atoms with Crippen molar-refractivity contribution >= 4 is 23.6 Å². The van der Waals surface area contributed by atoms with E-state index in [0.29, 0.717) is 0 Å². The summed E-state index contributed by atoms with van der Waals surface area (Å²) in [6.07, 6.45) is -1.75. The summed E-state index contributed by atoms with van der Waals surface area (Å²) in [7, 11) is 0. The van der Waals surface area contributed by atoms with Gasteiger partial charge in [-0.3, -0.25) is 29.8 Å². The SMILES string of the molecule is O=C1CC(O)(CC2(O)CC(=O)NC2=O)C(=O)N1. The first-order chi connectivity index (χ1) is 7.75. The van der Waals surface area contributed by atoms with E-state index >= 15 is 0 Å². The molecule has 2 aliphatic heterocycles. The summed E-state index contributed by atoms with van der Waals surface area (Å²) in [5.41, 5.74) is -4.29. The van der Waals surface area contributed by atoms with Crippen LogP contribution in [0.4, 0.5) is 0 Å². The van der Waals surface area contributed by atoms with Crippen molar-refractivity contribution < 1.29 is 29.4 Å². The lowest BCUT2D eigenvalue weighted by Crippen LogP contribution is -2.49. The maximum atomic E-state index is 11.3. The third kappa shape index (κ3) is 1.81. The quantitative estimate of drug-likeness (QED) is 0.380. The number of hydrogen-bond acceptors (Lipinski definition) is 6. The van der Waals surface area contributed by atoms with Crippen LogP contribution < -0.4 is 10.6 Å². The van der Waals surface area contributed by atoms with Crippen LogP contribution in [-0.2, 0) is 19.2 Å². The van der Waals surface area contributed by atoms with E-state index in [1.165, 1.54) is 0 Å². The highest BCUT2D eigenvalue weighted by Crippen LogP contribution is 2.32. The summed E-state index contributed by atoms with van der Waals surface area (Å²) in [4.78, 5) is 44.5. The first kappa shape index (κ1) is 11.7. The molecule has 0 aromatic rings. The van der Waals surface area contributed by atoms with Crippen LogP contribution in [0.1, 0.15) is 19.3 Å². The molecule has 4 amide bonds. The molecule has 2 rings (SSSR count). The van der Waals surface area contributed by atoms with Gasteiger partial charge in [-0.05, 0) is 0 Å². The van der Waals surface area contributed by atoms with E-state index in [9.17, 15) is 29.4 Å². The Morgan fingerprint density at radius 3 is 1.47 bits per heavy atom.